The third kappa shape index (κ3) is 3.32. The smallest absolute Gasteiger partial charge is 0.180 e. The topological polar surface area (TPSA) is 89.9 Å². The number of hydrogen-bond acceptors (Lipinski definition) is 6. The first-order valence-corrected chi connectivity index (χ1v) is 10.2. The van der Waals surface area contributed by atoms with Crippen molar-refractivity contribution in [2.24, 2.45) is 0 Å². The van der Waals surface area contributed by atoms with Gasteiger partial charge in [0.15, 0.2) is 5.76 Å². The lowest BCUT2D eigenvalue weighted by Crippen LogP contribution is -2.42. The van der Waals surface area contributed by atoms with Crippen LogP contribution in [-0.2, 0) is 0 Å². The van der Waals surface area contributed by atoms with Gasteiger partial charge in [0.05, 0.1) is 51.4 Å². The van der Waals surface area contributed by atoms with Crippen molar-refractivity contribution >= 4 is 11.6 Å². The molecule has 0 aliphatic heterocycles. The zero-order chi connectivity index (χ0) is 21.8. The van der Waals surface area contributed by atoms with Crippen molar-refractivity contribution in [1.29, 1.82) is 0 Å². The first kappa shape index (κ1) is 19.8. The van der Waals surface area contributed by atoms with Crippen LogP contribution in [0.3, 0.4) is 0 Å². The van der Waals surface area contributed by atoms with E-state index in [0.717, 1.165) is 5.69 Å². The summed E-state index contributed by atoms with van der Waals surface area (Å²) in [5.41, 5.74) is 2.24. The lowest BCUT2D eigenvalue weighted by molar-refractivity contribution is -0.0548. The van der Waals surface area contributed by atoms with E-state index in [1.54, 1.807) is 30.9 Å². The highest BCUT2D eigenvalue weighted by Crippen LogP contribution is 2.45. The van der Waals surface area contributed by atoms with Crippen molar-refractivity contribution in [1.82, 2.24) is 24.9 Å². The van der Waals surface area contributed by atoms with E-state index in [9.17, 15) is 9.50 Å². The SMILES string of the molecule is Cc1c(-c2onc(-c3c(F)cccc3Cl)c2-c2cnccn2)cnn1C1CC(C)(O)C1. The summed E-state index contributed by atoms with van der Waals surface area (Å²) in [7, 11) is 0. The van der Waals surface area contributed by atoms with Crippen molar-refractivity contribution in [3.8, 4) is 33.8 Å². The summed E-state index contributed by atoms with van der Waals surface area (Å²) in [4.78, 5) is 8.52. The fraction of sp³-hybridized carbons (Fsp3) is 0.273. The average molecular weight is 440 g/mol. The molecule has 0 saturated heterocycles. The second-order valence-electron chi connectivity index (χ2n) is 8.07. The molecule has 3 aromatic heterocycles. The van der Waals surface area contributed by atoms with Crippen LogP contribution in [0.5, 0.6) is 0 Å². The third-order valence-electron chi connectivity index (χ3n) is 5.70. The second-order valence-corrected chi connectivity index (χ2v) is 8.48. The minimum Gasteiger partial charge on any atom is -0.390 e. The molecule has 158 valence electrons. The normalized spacial score (nSPS) is 20.6. The van der Waals surface area contributed by atoms with Gasteiger partial charge in [0.25, 0.3) is 0 Å². The fourth-order valence-corrected chi connectivity index (χ4v) is 4.43. The van der Waals surface area contributed by atoms with E-state index in [4.69, 9.17) is 16.1 Å². The molecule has 0 atom stereocenters. The fourth-order valence-electron chi connectivity index (χ4n) is 4.18. The number of halogens is 2. The Morgan fingerprint density at radius 2 is 2.03 bits per heavy atom. The summed E-state index contributed by atoms with van der Waals surface area (Å²) in [6.45, 7) is 3.74. The quantitative estimate of drug-likeness (QED) is 0.489. The van der Waals surface area contributed by atoms with E-state index in [0.29, 0.717) is 35.4 Å². The third-order valence-corrected chi connectivity index (χ3v) is 6.01. The lowest BCUT2D eigenvalue weighted by Gasteiger charge is -2.41. The molecule has 31 heavy (non-hydrogen) atoms. The highest BCUT2D eigenvalue weighted by atomic mass is 35.5. The van der Waals surface area contributed by atoms with Crippen LogP contribution in [0.25, 0.3) is 33.8 Å². The molecule has 3 heterocycles. The van der Waals surface area contributed by atoms with Crippen molar-refractivity contribution in [2.75, 3.05) is 0 Å². The summed E-state index contributed by atoms with van der Waals surface area (Å²) in [5.74, 6) is -0.105. The number of benzene rings is 1. The van der Waals surface area contributed by atoms with E-state index in [1.165, 1.54) is 12.1 Å². The summed E-state index contributed by atoms with van der Waals surface area (Å²) in [6.07, 6.45) is 7.60. The molecule has 1 N–H and O–H groups in total. The van der Waals surface area contributed by atoms with Gasteiger partial charge in [0, 0.05) is 18.1 Å². The van der Waals surface area contributed by atoms with Crippen LogP contribution in [0.15, 0.2) is 47.5 Å². The Morgan fingerprint density at radius 3 is 2.71 bits per heavy atom. The molecular formula is C22H19ClFN5O2. The standard InChI is InChI=1S/C22H19ClFN5O2/c1-12-14(10-27-29(12)13-8-22(2,30)9-13)21-19(17-11-25-6-7-26-17)20(28-31-21)18-15(23)4-3-5-16(18)24/h3-7,10-11,13,30H,8-9H2,1-2H3. The zero-order valence-electron chi connectivity index (χ0n) is 16.9. The molecule has 1 aliphatic carbocycles. The lowest BCUT2D eigenvalue weighted by atomic mass is 9.77. The van der Waals surface area contributed by atoms with Gasteiger partial charge >= 0.3 is 0 Å². The first-order chi connectivity index (χ1) is 14.9. The minimum atomic E-state index is -0.672. The van der Waals surface area contributed by atoms with Gasteiger partial charge < -0.3 is 9.63 Å². The zero-order valence-corrected chi connectivity index (χ0v) is 17.6. The molecular weight excluding hydrogens is 421 g/mol. The van der Waals surface area contributed by atoms with Gasteiger partial charge in [-0.2, -0.15) is 5.10 Å². The molecule has 0 amide bonds. The van der Waals surface area contributed by atoms with Crippen molar-refractivity contribution in [3.05, 3.63) is 59.5 Å². The van der Waals surface area contributed by atoms with Crippen LogP contribution < -0.4 is 0 Å². The Bertz CT molecular complexity index is 1240. The highest BCUT2D eigenvalue weighted by Gasteiger charge is 2.41. The molecule has 0 radical (unpaired) electrons. The van der Waals surface area contributed by atoms with Gasteiger partial charge in [-0.05, 0) is 38.8 Å². The highest BCUT2D eigenvalue weighted by molar-refractivity contribution is 6.33. The van der Waals surface area contributed by atoms with E-state index in [-0.39, 0.29) is 22.3 Å². The Morgan fingerprint density at radius 1 is 1.23 bits per heavy atom. The Kier molecular flexibility index (Phi) is 4.64. The summed E-state index contributed by atoms with van der Waals surface area (Å²) < 4.78 is 22.3. The van der Waals surface area contributed by atoms with E-state index in [1.807, 2.05) is 18.5 Å². The van der Waals surface area contributed by atoms with Crippen LogP contribution in [0, 0.1) is 12.7 Å². The molecule has 4 aromatic rings. The molecule has 0 bridgehead atoms. The van der Waals surface area contributed by atoms with Gasteiger partial charge in [-0.3, -0.25) is 14.6 Å². The number of aromatic nitrogens is 5. The number of rotatable bonds is 4. The molecule has 1 aromatic carbocycles. The first-order valence-electron chi connectivity index (χ1n) is 9.83. The van der Waals surface area contributed by atoms with E-state index >= 15 is 0 Å². The molecule has 7 nitrogen and oxygen atoms in total. The van der Waals surface area contributed by atoms with Gasteiger partial charge in [-0.25, -0.2) is 4.39 Å². The van der Waals surface area contributed by atoms with Crippen LogP contribution in [-0.4, -0.2) is 35.6 Å². The van der Waals surface area contributed by atoms with Gasteiger partial charge in [0.2, 0.25) is 0 Å². The maximum atomic E-state index is 14.7. The minimum absolute atomic E-state index is 0.104. The molecule has 5 rings (SSSR count). The predicted octanol–water partition coefficient (Wildman–Crippen LogP) is 4.85. The average Bonchev–Trinajstić information content (AvgIpc) is 3.30. The maximum absolute atomic E-state index is 14.7. The van der Waals surface area contributed by atoms with Gasteiger partial charge in [-0.1, -0.05) is 22.8 Å². The maximum Gasteiger partial charge on any atom is 0.180 e. The van der Waals surface area contributed by atoms with E-state index < -0.39 is 11.4 Å². The van der Waals surface area contributed by atoms with Crippen LogP contribution >= 0.6 is 11.6 Å². The molecule has 1 fully saturated rings. The largest absolute Gasteiger partial charge is 0.390 e. The molecule has 1 saturated carbocycles. The second kappa shape index (κ2) is 7.25. The molecule has 0 spiro atoms. The summed E-state index contributed by atoms with van der Waals surface area (Å²) in [5, 5.41) is 19.0. The van der Waals surface area contributed by atoms with E-state index in [2.05, 4.69) is 20.2 Å². The molecule has 1 aliphatic rings. The molecule has 9 heteroatoms. The summed E-state index contributed by atoms with van der Waals surface area (Å²) >= 11 is 6.31. The van der Waals surface area contributed by atoms with Gasteiger partial charge in [-0.15, -0.1) is 0 Å². The number of aliphatic hydroxyl groups is 1. The number of hydrogen-bond donors (Lipinski definition) is 1. The Balaban J connectivity index is 1.68. The van der Waals surface area contributed by atoms with Crippen LogP contribution in [0.2, 0.25) is 5.02 Å². The van der Waals surface area contributed by atoms with Gasteiger partial charge in [0.1, 0.15) is 11.5 Å². The molecule has 0 unspecified atom stereocenters. The van der Waals surface area contributed by atoms with Crippen molar-refractivity contribution < 1.29 is 14.0 Å². The van der Waals surface area contributed by atoms with Crippen molar-refractivity contribution in [2.45, 2.75) is 38.3 Å². The summed E-state index contributed by atoms with van der Waals surface area (Å²) in [6, 6.07) is 4.56. The number of nitrogens with zero attached hydrogens (tertiary/aromatic N) is 5. The van der Waals surface area contributed by atoms with Crippen LogP contribution in [0.4, 0.5) is 4.39 Å². The predicted molar refractivity (Wildman–Crippen MR) is 113 cm³/mol. The van der Waals surface area contributed by atoms with Crippen molar-refractivity contribution in [3.63, 3.8) is 0 Å². The Labute approximate surface area is 182 Å². The van der Waals surface area contributed by atoms with Crippen LogP contribution in [0.1, 0.15) is 31.5 Å². The monoisotopic (exact) mass is 439 g/mol. The Hall–Kier alpha value is -3.10.